The highest BCUT2D eigenvalue weighted by molar-refractivity contribution is 5.81. The number of piperidine rings is 1. The first-order valence-corrected chi connectivity index (χ1v) is 8.04. The maximum absolute atomic E-state index is 9.76. The average molecular weight is 286 g/mol. The van der Waals surface area contributed by atoms with Gasteiger partial charge in [-0.05, 0) is 43.3 Å². The minimum Gasteiger partial charge on any atom is -0.396 e. The van der Waals surface area contributed by atoms with Crippen molar-refractivity contribution >= 4 is 10.9 Å². The number of aliphatic hydroxyl groups is 1. The standard InChI is InChI=1S/C18H26N2O/c1-3-18(14-21)9-6-10-20(13-18)12-16-11-15-7-4-5-8-17(15)19(16)2/h4-5,7-8,11,21H,3,6,9-10,12-14H2,1-2H3. The van der Waals surface area contributed by atoms with Crippen LogP contribution in [0, 0.1) is 5.41 Å². The van der Waals surface area contributed by atoms with Gasteiger partial charge in [0.25, 0.3) is 0 Å². The van der Waals surface area contributed by atoms with Crippen LogP contribution in [0.1, 0.15) is 31.9 Å². The van der Waals surface area contributed by atoms with Gasteiger partial charge in [0, 0.05) is 43.4 Å². The molecule has 2 heterocycles. The van der Waals surface area contributed by atoms with E-state index in [2.05, 4.69) is 53.8 Å². The summed E-state index contributed by atoms with van der Waals surface area (Å²) in [5.41, 5.74) is 2.78. The van der Waals surface area contributed by atoms with E-state index in [1.165, 1.54) is 23.0 Å². The number of aromatic nitrogens is 1. The van der Waals surface area contributed by atoms with Crippen LogP contribution in [0.3, 0.4) is 0 Å². The van der Waals surface area contributed by atoms with Crippen LogP contribution in [0.4, 0.5) is 0 Å². The maximum Gasteiger partial charge on any atom is 0.0499 e. The number of para-hydroxylation sites is 1. The number of nitrogens with zero attached hydrogens (tertiary/aromatic N) is 2. The zero-order chi connectivity index (χ0) is 14.9. The molecule has 1 saturated heterocycles. The topological polar surface area (TPSA) is 28.4 Å². The first kappa shape index (κ1) is 14.6. The lowest BCUT2D eigenvalue weighted by Crippen LogP contribution is -2.44. The van der Waals surface area contributed by atoms with Gasteiger partial charge in [-0.3, -0.25) is 4.90 Å². The van der Waals surface area contributed by atoms with Crippen molar-refractivity contribution in [3.63, 3.8) is 0 Å². The Hall–Kier alpha value is -1.32. The van der Waals surface area contributed by atoms with Gasteiger partial charge in [-0.15, -0.1) is 0 Å². The Morgan fingerprint density at radius 3 is 2.81 bits per heavy atom. The van der Waals surface area contributed by atoms with E-state index in [0.29, 0.717) is 6.61 Å². The Kier molecular flexibility index (Phi) is 4.05. The summed E-state index contributed by atoms with van der Waals surface area (Å²) < 4.78 is 2.30. The second-order valence-corrected chi connectivity index (χ2v) is 6.58. The van der Waals surface area contributed by atoms with Crippen molar-refractivity contribution < 1.29 is 5.11 Å². The van der Waals surface area contributed by atoms with Crippen LogP contribution in [0.2, 0.25) is 0 Å². The van der Waals surface area contributed by atoms with Gasteiger partial charge in [-0.25, -0.2) is 0 Å². The second kappa shape index (κ2) is 5.82. The molecular weight excluding hydrogens is 260 g/mol. The van der Waals surface area contributed by atoms with Gasteiger partial charge in [0.2, 0.25) is 0 Å². The van der Waals surface area contributed by atoms with E-state index in [9.17, 15) is 5.11 Å². The summed E-state index contributed by atoms with van der Waals surface area (Å²) in [6.45, 7) is 5.66. The molecule has 0 amide bonds. The monoisotopic (exact) mass is 286 g/mol. The average Bonchev–Trinajstić information content (AvgIpc) is 2.84. The summed E-state index contributed by atoms with van der Waals surface area (Å²) in [6.07, 6.45) is 3.42. The summed E-state index contributed by atoms with van der Waals surface area (Å²) in [4.78, 5) is 2.51. The van der Waals surface area contributed by atoms with E-state index in [4.69, 9.17) is 0 Å². The highest BCUT2D eigenvalue weighted by atomic mass is 16.3. The Balaban J connectivity index is 1.80. The predicted octanol–water partition coefficient (Wildman–Crippen LogP) is 3.16. The Morgan fingerprint density at radius 1 is 1.29 bits per heavy atom. The third-order valence-corrected chi connectivity index (χ3v) is 5.26. The number of rotatable bonds is 4. The molecule has 3 heteroatoms. The molecule has 1 atom stereocenters. The van der Waals surface area contributed by atoms with Crippen molar-refractivity contribution in [1.29, 1.82) is 0 Å². The van der Waals surface area contributed by atoms with E-state index >= 15 is 0 Å². The molecule has 3 nitrogen and oxygen atoms in total. The van der Waals surface area contributed by atoms with Crippen LogP contribution in [0.5, 0.6) is 0 Å². The lowest BCUT2D eigenvalue weighted by Gasteiger charge is -2.41. The highest BCUT2D eigenvalue weighted by Gasteiger charge is 2.33. The van der Waals surface area contributed by atoms with Crippen LogP contribution < -0.4 is 0 Å². The van der Waals surface area contributed by atoms with Crippen molar-refractivity contribution in [2.75, 3.05) is 19.7 Å². The SMILES string of the molecule is CCC1(CO)CCCN(Cc2cc3ccccc3n2C)C1. The van der Waals surface area contributed by atoms with Crippen LogP contribution in [-0.4, -0.2) is 34.3 Å². The third-order valence-electron chi connectivity index (χ3n) is 5.26. The molecule has 0 saturated carbocycles. The molecule has 1 aromatic carbocycles. The smallest absolute Gasteiger partial charge is 0.0499 e. The molecular formula is C18H26N2O. The molecule has 0 bridgehead atoms. The van der Waals surface area contributed by atoms with Gasteiger partial charge in [-0.2, -0.15) is 0 Å². The Bertz CT molecular complexity index is 613. The number of aryl methyl sites for hydroxylation is 1. The molecule has 1 aliphatic rings. The minimum absolute atomic E-state index is 0.114. The zero-order valence-electron chi connectivity index (χ0n) is 13.2. The predicted molar refractivity (Wildman–Crippen MR) is 87.2 cm³/mol. The normalized spacial score (nSPS) is 23.8. The summed E-state index contributed by atoms with van der Waals surface area (Å²) in [5, 5.41) is 11.1. The number of aliphatic hydroxyl groups excluding tert-OH is 1. The summed E-state index contributed by atoms with van der Waals surface area (Å²) in [5.74, 6) is 0. The first-order chi connectivity index (χ1) is 10.2. The largest absolute Gasteiger partial charge is 0.396 e. The lowest BCUT2D eigenvalue weighted by atomic mass is 9.78. The zero-order valence-corrected chi connectivity index (χ0v) is 13.2. The van der Waals surface area contributed by atoms with Crippen molar-refractivity contribution in [2.45, 2.75) is 32.7 Å². The fourth-order valence-corrected chi connectivity index (χ4v) is 3.70. The van der Waals surface area contributed by atoms with E-state index in [0.717, 1.165) is 32.5 Å². The molecule has 2 aromatic rings. The molecule has 1 unspecified atom stereocenters. The van der Waals surface area contributed by atoms with E-state index in [1.807, 2.05) is 0 Å². The van der Waals surface area contributed by atoms with Gasteiger partial charge >= 0.3 is 0 Å². The number of likely N-dealkylation sites (tertiary alicyclic amines) is 1. The maximum atomic E-state index is 9.76. The van der Waals surface area contributed by atoms with Crippen molar-refractivity contribution in [3.05, 3.63) is 36.0 Å². The quantitative estimate of drug-likeness (QED) is 0.935. The van der Waals surface area contributed by atoms with Crippen LogP contribution in [0.25, 0.3) is 10.9 Å². The van der Waals surface area contributed by atoms with Crippen LogP contribution in [-0.2, 0) is 13.6 Å². The van der Waals surface area contributed by atoms with Gasteiger partial charge in [0.05, 0.1) is 0 Å². The molecule has 0 radical (unpaired) electrons. The Morgan fingerprint density at radius 2 is 2.10 bits per heavy atom. The van der Waals surface area contributed by atoms with Crippen molar-refractivity contribution in [3.8, 4) is 0 Å². The lowest BCUT2D eigenvalue weighted by molar-refractivity contribution is 0.0250. The molecule has 1 aliphatic heterocycles. The molecule has 1 fully saturated rings. The molecule has 0 spiro atoms. The van der Waals surface area contributed by atoms with E-state index < -0.39 is 0 Å². The van der Waals surface area contributed by atoms with Gasteiger partial charge in [0.1, 0.15) is 0 Å². The highest BCUT2D eigenvalue weighted by Crippen LogP contribution is 2.33. The van der Waals surface area contributed by atoms with Crippen LogP contribution >= 0.6 is 0 Å². The van der Waals surface area contributed by atoms with Gasteiger partial charge in [-0.1, -0.05) is 25.1 Å². The van der Waals surface area contributed by atoms with Crippen molar-refractivity contribution in [2.24, 2.45) is 12.5 Å². The molecule has 21 heavy (non-hydrogen) atoms. The second-order valence-electron chi connectivity index (χ2n) is 6.58. The third kappa shape index (κ3) is 2.72. The minimum atomic E-state index is 0.114. The first-order valence-electron chi connectivity index (χ1n) is 8.04. The van der Waals surface area contributed by atoms with Crippen LogP contribution in [0.15, 0.2) is 30.3 Å². The fourth-order valence-electron chi connectivity index (χ4n) is 3.70. The van der Waals surface area contributed by atoms with E-state index in [-0.39, 0.29) is 5.41 Å². The van der Waals surface area contributed by atoms with E-state index in [1.54, 1.807) is 0 Å². The summed E-state index contributed by atoms with van der Waals surface area (Å²) in [6, 6.07) is 10.9. The summed E-state index contributed by atoms with van der Waals surface area (Å²) >= 11 is 0. The number of hydrogen-bond donors (Lipinski definition) is 1. The fraction of sp³-hybridized carbons (Fsp3) is 0.556. The Labute approximate surface area is 127 Å². The van der Waals surface area contributed by atoms with Gasteiger partial charge in [0.15, 0.2) is 0 Å². The molecule has 114 valence electrons. The molecule has 3 rings (SSSR count). The number of fused-ring (bicyclic) bond motifs is 1. The van der Waals surface area contributed by atoms with Gasteiger partial charge < -0.3 is 9.67 Å². The number of hydrogen-bond acceptors (Lipinski definition) is 2. The molecule has 1 aromatic heterocycles. The number of benzene rings is 1. The van der Waals surface area contributed by atoms with Crippen molar-refractivity contribution in [1.82, 2.24) is 9.47 Å². The molecule has 1 N–H and O–H groups in total. The molecule has 0 aliphatic carbocycles. The summed E-state index contributed by atoms with van der Waals surface area (Å²) in [7, 11) is 2.15.